The van der Waals surface area contributed by atoms with Gasteiger partial charge in [-0.15, -0.1) is 0 Å². The van der Waals surface area contributed by atoms with Crippen molar-refractivity contribution in [3.63, 3.8) is 0 Å². The van der Waals surface area contributed by atoms with Gasteiger partial charge in [-0.1, -0.05) is 6.08 Å². The summed E-state index contributed by atoms with van der Waals surface area (Å²) in [5.74, 6) is 1.27. The zero-order valence-corrected chi connectivity index (χ0v) is 14.5. The normalized spacial score (nSPS) is 24.0. The first-order chi connectivity index (χ1) is 12.2. The molecular weight excluding hydrogens is 345 g/mol. The van der Waals surface area contributed by atoms with Gasteiger partial charge in [-0.25, -0.2) is 0 Å². The third-order valence-electron chi connectivity index (χ3n) is 4.66. The molecule has 2 unspecified atom stereocenters. The van der Waals surface area contributed by atoms with Gasteiger partial charge in [0, 0.05) is 30.8 Å². The molecule has 0 bridgehead atoms. The van der Waals surface area contributed by atoms with Gasteiger partial charge in [-0.2, -0.15) is 13.2 Å². The molecule has 0 radical (unpaired) electrons. The molecule has 3 rings (SSSR count). The number of ether oxygens (including phenoxy) is 1. The van der Waals surface area contributed by atoms with Gasteiger partial charge in [0.2, 0.25) is 0 Å². The van der Waals surface area contributed by atoms with Crippen LogP contribution >= 0.6 is 0 Å². The second kappa shape index (κ2) is 7.20. The third kappa shape index (κ3) is 4.13. The van der Waals surface area contributed by atoms with E-state index in [-0.39, 0.29) is 19.1 Å². The Morgan fingerprint density at radius 1 is 1.35 bits per heavy atom. The topological polar surface area (TPSA) is 76.5 Å². The van der Waals surface area contributed by atoms with E-state index in [0.717, 1.165) is 16.7 Å². The quantitative estimate of drug-likeness (QED) is 0.692. The van der Waals surface area contributed by atoms with Gasteiger partial charge in [-0.3, -0.25) is 4.90 Å². The maximum absolute atomic E-state index is 12.3. The first-order valence-corrected chi connectivity index (χ1v) is 8.46. The average Bonchev–Trinajstić information content (AvgIpc) is 2.59. The van der Waals surface area contributed by atoms with Crippen LogP contribution in [-0.4, -0.2) is 43.4 Å². The van der Waals surface area contributed by atoms with Gasteiger partial charge < -0.3 is 21.5 Å². The number of likely N-dealkylation sites (N-methyl/N-ethyl adjacent to an activating group) is 1. The number of hydrogen-bond acceptors (Lipinski definition) is 5. The molecule has 26 heavy (non-hydrogen) atoms. The molecule has 0 spiro atoms. The van der Waals surface area contributed by atoms with Crippen LogP contribution in [-0.2, 0) is 4.74 Å². The predicted molar refractivity (Wildman–Crippen MR) is 93.4 cm³/mol. The van der Waals surface area contributed by atoms with Gasteiger partial charge in [0.1, 0.15) is 18.2 Å². The lowest BCUT2D eigenvalue weighted by atomic mass is 9.85. The predicted octanol–water partition coefficient (Wildman–Crippen LogP) is 2.02. The van der Waals surface area contributed by atoms with Gasteiger partial charge in [-0.05, 0) is 42.8 Å². The lowest BCUT2D eigenvalue weighted by Crippen LogP contribution is -2.41. The number of allylic oxidation sites excluding steroid dienone is 2. The number of rotatable bonds is 5. The Labute approximate surface area is 150 Å². The number of nitrogens with one attached hydrogen (secondary N) is 1. The van der Waals surface area contributed by atoms with E-state index in [2.05, 4.69) is 10.2 Å². The number of hydrogen-bond donors (Lipinski definition) is 3. The molecule has 0 saturated carbocycles. The van der Waals surface area contributed by atoms with E-state index in [9.17, 15) is 13.2 Å². The summed E-state index contributed by atoms with van der Waals surface area (Å²) in [5.41, 5.74) is 15.0. The molecule has 0 aromatic rings. The average molecular weight is 368 g/mol. The molecule has 2 heterocycles. The Morgan fingerprint density at radius 3 is 2.85 bits per heavy atom. The molecular formula is C18H23F3N4O. The monoisotopic (exact) mass is 368 g/mol. The van der Waals surface area contributed by atoms with E-state index < -0.39 is 18.6 Å². The van der Waals surface area contributed by atoms with Crippen LogP contribution in [0, 0.1) is 0 Å². The SMILES string of the molecule is CN1CC2=C(N)NC=CC2=C2C=CC(OCC(N)CCC(F)(F)F)=CC21. The van der Waals surface area contributed by atoms with Gasteiger partial charge in [0.15, 0.2) is 0 Å². The molecule has 5 N–H and O–H groups in total. The number of nitrogens with two attached hydrogens (primary N) is 2. The van der Waals surface area contributed by atoms with Crippen molar-refractivity contribution in [1.29, 1.82) is 0 Å². The van der Waals surface area contributed by atoms with E-state index in [0.29, 0.717) is 18.1 Å². The van der Waals surface area contributed by atoms with Crippen LogP contribution in [0.2, 0.25) is 0 Å². The summed E-state index contributed by atoms with van der Waals surface area (Å²) < 4.78 is 42.4. The van der Waals surface area contributed by atoms with Crippen molar-refractivity contribution >= 4 is 0 Å². The number of nitrogens with zero attached hydrogens (tertiary/aromatic N) is 1. The maximum Gasteiger partial charge on any atom is 0.389 e. The summed E-state index contributed by atoms with van der Waals surface area (Å²) >= 11 is 0. The van der Waals surface area contributed by atoms with Crippen molar-refractivity contribution in [2.24, 2.45) is 11.5 Å². The van der Waals surface area contributed by atoms with Crippen molar-refractivity contribution < 1.29 is 17.9 Å². The zero-order chi connectivity index (χ0) is 18.9. The van der Waals surface area contributed by atoms with E-state index >= 15 is 0 Å². The van der Waals surface area contributed by atoms with Gasteiger partial charge in [0.25, 0.3) is 0 Å². The smallest absolute Gasteiger partial charge is 0.389 e. The lowest BCUT2D eigenvalue weighted by Gasteiger charge is -2.38. The fraction of sp³-hybridized carbons (Fsp3) is 0.444. The highest BCUT2D eigenvalue weighted by atomic mass is 19.4. The van der Waals surface area contributed by atoms with E-state index in [1.807, 2.05) is 37.6 Å². The minimum absolute atomic E-state index is 0.0238. The minimum Gasteiger partial charge on any atom is -0.492 e. The molecule has 1 aliphatic carbocycles. The fourth-order valence-electron chi connectivity index (χ4n) is 3.25. The first-order valence-electron chi connectivity index (χ1n) is 8.46. The number of dihydropyridines is 1. The molecule has 0 aromatic heterocycles. The van der Waals surface area contributed by atoms with Crippen LogP contribution in [0.4, 0.5) is 13.2 Å². The summed E-state index contributed by atoms with van der Waals surface area (Å²) in [6.45, 7) is 0.742. The summed E-state index contributed by atoms with van der Waals surface area (Å²) in [4.78, 5) is 2.14. The number of alkyl halides is 3. The number of fused-ring (bicyclic) bond motifs is 2. The van der Waals surface area contributed by atoms with Crippen molar-refractivity contribution in [1.82, 2.24) is 10.2 Å². The molecule has 3 aliphatic rings. The molecule has 2 aliphatic heterocycles. The second-order valence-corrected chi connectivity index (χ2v) is 6.73. The zero-order valence-electron chi connectivity index (χ0n) is 14.5. The van der Waals surface area contributed by atoms with Crippen LogP contribution in [0.1, 0.15) is 12.8 Å². The van der Waals surface area contributed by atoms with E-state index in [4.69, 9.17) is 16.2 Å². The molecule has 0 saturated heterocycles. The Bertz CT molecular complexity index is 718. The summed E-state index contributed by atoms with van der Waals surface area (Å²) in [5, 5.41) is 3.02. The summed E-state index contributed by atoms with van der Waals surface area (Å²) in [7, 11) is 1.99. The van der Waals surface area contributed by atoms with Crippen LogP contribution in [0.5, 0.6) is 0 Å². The van der Waals surface area contributed by atoms with Crippen molar-refractivity contribution in [2.75, 3.05) is 20.2 Å². The van der Waals surface area contributed by atoms with Crippen LogP contribution in [0.15, 0.2) is 58.8 Å². The Hall–Kier alpha value is -2.19. The largest absolute Gasteiger partial charge is 0.492 e. The minimum atomic E-state index is -4.19. The Balaban J connectivity index is 1.67. The molecule has 8 heteroatoms. The third-order valence-corrected chi connectivity index (χ3v) is 4.66. The number of halogens is 3. The van der Waals surface area contributed by atoms with Crippen molar-refractivity contribution in [3.8, 4) is 0 Å². The van der Waals surface area contributed by atoms with E-state index in [1.54, 1.807) is 0 Å². The molecule has 0 amide bonds. The highest BCUT2D eigenvalue weighted by Crippen LogP contribution is 2.34. The van der Waals surface area contributed by atoms with E-state index in [1.165, 1.54) is 0 Å². The Kier molecular flexibility index (Phi) is 5.15. The van der Waals surface area contributed by atoms with Crippen LogP contribution < -0.4 is 16.8 Å². The molecule has 142 valence electrons. The van der Waals surface area contributed by atoms with Gasteiger partial charge >= 0.3 is 6.18 Å². The van der Waals surface area contributed by atoms with Crippen molar-refractivity contribution in [2.45, 2.75) is 31.1 Å². The highest BCUT2D eigenvalue weighted by molar-refractivity contribution is 5.58. The maximum atomic E-state index is 12.3. The molecule has 0 aromatic carbocycles. The standard InChI is InChI=1S/C18H23F3N4O/c1-25-9-15-13(5-7-24-17(15)23)14-3-2-12(8-16(14)25)26-10-11(22)4-6-18(19,20)21/h2-3,5,7-8,11,16,24H,4,6,9-10,22-23H2,1H3. The van der Waals surface area contributed by atoms with Gasteiger partial charge in [0.05, 0.1) is 6.04 Å². The lowest BCUT2D eigenvalue weighted by molar-refractivity contribution is -0.136. The first kappa shape index (κ1) is 18.6. The van der Waals surface area contributed by atoms with Crippen LogP contribution in [0.3, 0.4) is 0 Å². The molecule has 5 nitrogen and oxygen atoms in total. The van der Waals surface area contributed by atoms with Crippen molar-refractivity contribution in [3.05, 3.63) is 58.8 Å². The highest BCUT2D eigenvalue weighted by Gasteiger charge is 2.31. The summed E-state index contributed by atoms with van der Waals surface area (Å²) in [6.07, 6.45) is 4.32. The second-order valence-electron chi connectivity index (χ2n) is 6.73. The Morgan fingerprint density at radius 2 is 2.12 bits per heavy atom. The molecule has 0 fully saturated rings. The molecule has 2 atom stereocenters. The fourth-order valence-corrected chi connectivity index (χ4v) is 3.25. The van der Waals surface area contributed by atoms with Crippen LogP contribution in [0.25, 0.3) is 0 Å². The summed E-state index contributed by atoms with van der Waals surface area (Å²) in [6, 6.07) is -0.632.